The molecule has 0 amide bonds. The van der Waals surface area contributed by atoms with E-state index in [1.807, 2.05) is 12.1 Å². The number of nitrogens with zero attached hydrogens (tertiary/aromatic N) is 2. The molecule has 0 aliphatic carbocycles. The Balaban J connectivity index is 2.24. The quantitative estimate of drug-likeness (QED) is 0.700. The summed E-state index contributed by atoms with van der Waals surface area (Å²) in [6.45, 7) is 2.94. The van der Waals surface area contributed by atoms with Crippen LogP contribution in [0.1, 0.15) is 13.3 Å². The molecule has 0 saturated heterocycles. The van der Waals surface area contributed by atoms with Crippen molar-refractivity contribution in [1.82, 2.24) is 14.5 Å². The van der Waals surface area contributed by atoms with Gasteiger partial charge in [0.15, 0.2) is 4.77 Å². The highest BCUT2D eigenvalue weighted by Crippen LogP contribution is 2.31. The summed E-state index contributed by atoms with van der Waals surface area (Å²) in [5.41, 5.74) is 3.87. The molecule has 2 heterocycles. The number of pyridine rings is 1. The Morgan fingerprint density at radius 1 is 1.09 bits per heavy atom. The van der Waals surface area contributed by atoms with Gasteiger partial charge >= 0.3 is 0 Å². The molecular weight excluding hydrogens is 297 g/mol. The minimum atomic E-state index is -0.249. The number of benzene rings is 1. The summed E-state index contributed by atoms with van der Waals surface area (Å²) >= 11 is 5.47. The zero-order valence-corrected chi connectivity index (χ0v) is 13.0. The average Bonchev–Trinajstić information content (AvgIpc) is 2.86. The standard InChI is InChI=1S/C17H16FN3S/c1-2-11-21-16(13-7-9-19-10-8-13)15(20-17(21)22)12-3-5-14(18)6-4-12/h3-10H,2,11H2,1H3,(H,20,22). The van der Waals surface area contributed by atoms with E-state index in [4.69, 9.17) is 12.2 Å². The predicted octanol–water partition coefficient (Wildman–Crippen LogP) is 4.82. The van der Waals surface area contributed by atoms with Crippen LogP contribution in [0.5, 0.6) is 0 Å². The van der Waals surface area contributed by atoms with Crippen LogP contribution in [0, 0.1) is 10.6 Å². The molecule has 3 rings (SSSR count). The lowest BCUT2D eigenvalue weighted by molar-refractivity contribution is 0.628. The highest BCUT2D eigenvalue weighted by Gasteiger charge is 2.15. The maximum atomic E-state index is 13.2. The van der Waals surface area contributed by atoms with Gasteiger partial charge in [-0.05, 0) is 55.0 Å². The smallest absolute Gasteiger partial charge is 0.178 e. The van der Waals surface area contributed by atoms with Crippen molar-refractivity contribution < 1.29 is 4.39 Å². The van der Waals surface area contributed by atoms with E-state index in [-0.39, 0.29) is 5.82 Å². The first-order valence-corrected chi connectivity index (χ1v) is 7.60. The third kappa shape index (κ3) is 2.72. The topological polar surface area (TPSA) is 33.6 Å². The second-order valence-electron chi connectivity index (χ2n) is 5.05. The molecule has 5 heteroatoms. The van der Waals surface area contributed by atoms with E-state index in [1.165, 1.54) is 12.1 Å². The Morgan fingerprint density at radius 3 is 2.41 bits per heavy atom. The van der Waals surface area contributed by atoms with E-state index < -0.39 is 0 Å². The van der Waals surface area contributed by atoms with Crippen LogP contribution in [-0.2, 0) is 6.54 Å². The summed E-state index contributed by atoms with van der Waals surface area (Å²) in [4.78, 5) is 7.34. The van der Waals surface area contributed by atoms with E-state index in [1.54, 1.807) is 24.5 Å². The first kappa shape index (κ1) is 14.7. The molecule has 0 spiro atoms. The van der Waals surface area contributed by atoms with Crippen molar-refractivity contribution in [1.29, 1.82) is 0 Å². The molecule has 112 valence electrons. The SMILES string of the molecule is CCCn1c(-c2ccncc2)c(-c2ccc(F)cc2)[nH]c1=S. The van der Waals surface area contributed by atoms with E-state index in [0.29, 0.717) is 4.77 Å². The first-order chi connectivity index (χ1) is 10.7. The minimum absolute atomic E-state index is 0.249. The zero-order valence-electron chi connectivity index (χ0n) is 12.2. The molecule has 0 unspecified atom stereocenters. The summed E-state index contributed by atoms with van der Waals surface area (Å²) in [6, 6.07) is 10.3. The van der Waals surface area contributed by atoms with Crippen LogP contribution in [0.15, 0.2) is 48.8 Å². The lowest BCUT2D eigenvalue weighted by Crippen LogP contribution is -2.00. The second kappa shape index (κ2) is 6.23. The van der Waals surface area contributed by atoms with Gasteiger partial charge in [-0.25, -0.2) is 4.39 Å². The molecule has 0 fully saturated rings. The Morgan fingerprint density at radius 2 is 1.77 bits per heavy atom. The minimum Gasteiger partial charge on any atom is -0.330 e. The molecule has 3 nitrogen and oxygen atoms in total. The number of rotatable bonds is 4. The summed E-state index contributed by atoms with van der Waals surface area (Å²) in [6.07, 6.45) is 4.50. The van der Waals surface area contributed by atoms with Gasteiger partial charge in [0.2, 0.25) is 0 Å². The molecule has 22 heavy (non-hydrogen) atoms. The maximum absolute atomic E-state index is 13.2. The maximum Gasteiger partial charge on any atom is 0.178 e. The number of H-pyrrole nitrogens is 1. The van der Waals surface area contributed by atoms with E-state index >= 15 is 0 Å². The van der Waals surface area contributed by atoms with E-state index in [9.17, 15) is 4.39 Å². The van der Waals surface area contributed by atoms with Crippen LogP contribution < -0.4 is 0 Å². The van der Waals surface area contributed by atoms with Crippen LogP contribution in [0.4, 0.5) is 4.39 Å². The lowest BCUT2D eigenvalue weighted by Gasteiger charge is -2.10. The molecule has 0 saturated carbocycles. The van der Waals surface area contributed by atoms with Gasteiger partial charge in [-0.15, -0.1) is 0 Å². The zero-order chi connectivity index (χ0) is 15.5. The van der Waals surface area contributed by atoms with Gasteiger partial charge in [-0.2, -0.15) is 0 Å². The van der Waals surface area contributed by atoms with Gasteiger partial charge in [0.1, 0.15) is 5.82 Å². The largest absolute Gasteiger partial charge is 0.330 e. The molecule has 0 radical (unpaired) electrons. The van der Waals surface area contributed by atoms with Crippen molar-refractivity contribution >= 4 is 12.2 Å². The van der Waals surface area contributed by atoms with Crippen molar-refractivity contribution in [3.05, 3.63) is 59.4 Å². The number of hydrogen-bond donors (Lipinski definition) is 1. The van der Waals surface area contributed by atoms with Crippen molar-refractivity contribution in [2.75, 3.05) is 0 Å². The predicted molar refractivity (Wildman–Crippen MR) is 88.5 cm³/mol. The summed E-state index contributed by atoms with van der Waals surface area (Å²) in [5, 5.41) is 0. The van der Waals surface area contributed by atoms with Gasteiger partial charge in [-0.3, -0.25) is 4.98 Å². The van der Waals surface area contributed by atoms with Crippen LogP contribution in [0.25, 0.3) is 22.5 Å². The Labute approximate surface area is 133 Å². The molecule has 0 aliphatic rings. The number of aromatic nitrogens is 3. The van der Waals surface area contributed by atoms with Crippen LogP contribution in [-0.4, -0.2) is 14.5 Å². The fraction of sp³-hybridized carbons (Fsp3) is 0.176. The van der Waals surface area contributed by atoms with Crippen molar-refractivity contribution in [2.24, 2.45) is 0 Å². The lowest BCUT2D eigenvalue weighted by atomic mass is 10.1. The summed E-state index contributed by atoms with van der Waals surface area (Å²) in [5.74, 6) is -0.249. The molecule has 0 atom stereocenters. The van der Waals surface area contributed by atoms with Crippen molar-refractivity contribution in [3.8, 4) is 22.5 Å². The molecule has 1 aromatic carbocycles. The fourth-order valence-corrected chi connectivity index (χ4v) is 2.83. The van der Waals surface area contributed by atoms with Crippen LogP contribution >= 0.6 is 12.2 Å². The molecule has 0 bridgehead atoms. The summed E-state index contributed by atoms with van der Waals surface area (Å²) < 4.78 is 15.9. The Hall–Kier alpha value is -2.27. The van der Waals surface area contributed by atoms with Gasteiger partial charge in [0, 0.05) is 30.1 Å². The summed E-state index contributed by atoms with van der Waals surface area (Å²) in [7, 11) is 0. The first-order valence-electron chi connectivity index (χ1n) is 7.20. The number of aromatic amines is 1. The van der Waals surface area contributed by atoms with Crippen molar-refractivity contribution in [2.45, 2.75) is 19.9 Å². The van der Waals surface area contributed by atoms with Gasteiger partial charge in [0.05, 0.1) is 11.4 Å². The number of hydrogen-bond acceptors (Lipinski definition) is 2. The van der Waals surface area contributed by atoms with Crippen molar-refractivity contribution in [3.63, 3.8) is 0 Å². The fourth-order valence-electron chi connectivity index (χ4n) is 2.54. The van der Waals surface area contributed by atoms with Gasteiger partial charge in [-0.1, -0.05) is 6.92 Å². The second-order valence-corrected chi connectivity index (χ2v) is 5.43. The number of nitrogens with one attached hydrogen (secondary N) is 1. The molecule has 2 aromatic heterocycles. The third-order valence-corrected chi connectivity index (χ3v) is 3.84. The molecule has 3 aromatic rings. The highest BCUT2D eigenvalue weighted by atomic mass is 32.1. The van der Waals surface area contributed by atoms with Crippen LogP contribution in [0.3, 0.4) is 0 Å². The van der Waals surface area contributed by atoms with E-state index in [2.05, 4.69) is 21.5 Å². The Bertz CT molecular complexity index is 819. The monoisotopic (exact) mass is 313 g/mol. The number of imidazole rings is 1. The number of halogens is 1. The normalized spacial score (nSPS) is 10.8. The average molecular weight is 313 g/mol. The molecule has 0 aliphatic heterocycles. The molecular formula is C17H16FN3S. The van der Waals surface area contributed by atoms with Gasteiger partial charge < -0.3 is 9.55 Å². The van der Waals surface area contributed by atoms with Crippen LogP contribution in [0.2, 0.25) is 0 Å². The third-order valence-electron chi connectivity index (χ3n) is 3.52. The molecule has 1 N–H and O–H groups in total. The Kier molecular flexibility index (Phi) is 4.15. The van der Waals surface area contributed by atoms with E-state index in [0.717, 1.165) is 35.5 Å². The highest BCUT2D eigenvalue weighted by molar-refractivity contribution is 7.71. The van der Waals surface area contributed by atoms with Gasteiger partial charge in [0.25, 0.3) is 0 Å².